The van der Waals surface area contributed by atoms with E-state index in [0.717, 1.165) is 11.3 Å². The molecule has 4 N–H and O–H groups in total. The summed E-state index contributed by atoms with van der Waals surface area (Å²) in [6, 6.07) is 20.9. The molecular formula is C23H16N4O2S2. The highest BCUT2D eigenvalue weighted by Crippen LogP contribution is 2.42. The molecule has 152 valence electrons. The van der Waals surface area contributed by atoms with Gasteiger partial charge >= 0.3 is 0 Å². The topological polar surface area (TPSA) is 134 Å². The minimum Gasteiger partial charge on any atom is -0.397 e. The van der Waals surface area contributed by atoms with Crippen molar-refractivity contribution in [1.82, 2.24) is 0 Å². The fraction of sp³-hybridized carbons (Fsp3) is 0.0435. The summed E-state index contributed by atoms with van der Waals surface area (Å²) in [5, 5.41) is 18.4. The zero-order valence-electron chi connectivity index (χ0n) is 16.2. The molecule has 0 amide bonds. The maximum Gasteiger partial charge on any atom is 0.205 e. The monoisotopic (exact) mass is 444 g/mol. The van der Waals surface area contributed by atoms with E-state index in [9.17, 15) is 20.1 Å². The van der Waals surface area contributed by atoms with E-state index >= 15 is 0 Å². The number of ketones is 2. The number of Topliss-reactive ketones (excluding diaryl/α,β-unsaturated/α-hetero) is 1. The van der Waals surface area contributed by atoms with Gasteiger partial charge in [0.05, 0.1) is 26.2 Å². The number of nitrogens with zero attached hydrogens (tertiary/aromatic N) is 2. The van der Waals surface area contributed by atoms with Crippen LogP contribution in [0.4, 0.5) is 5.69 Å². The predicted molar refractivity (Wildman–Crippen MR) is 122 cm³/mol. The number of anilines is 1. The molecule has 0 aliphatic heterocycles. The van der Waals surface area contributed by atoms with Gasteiger partial charge in [-0.1, -0.05) is 60.7 Å². The first-order chi connectivity index (χ1) is 15.0. The SMILES string of the molecule is N#CC(C#N)=C(N)c1c(SCC(=O)c2ccccc2)sc(C(=O)c2ccccc2)c1N. The van der Waals surface area contributed by atoms with E-state index in [1.807, 2.05) is 6.07 Å². The van der Waals surface area contributed by atoms with Crippen molar-refractivity contribution in [3.63, 3.8) is 0 Å². The first-order valence-corrected chi connectivity index (χ1v) is 10.8. The highest BCUT2D eigenvalue weighted by atomic mass is 32.2. The smallest absolute Gasteiger partial charge is 0.205 e. The Balaban J connectivity index is 2.03. The molecule has 3 rings (SSSR count). The summed E-state index contributed by atoms with van der Waals surface area (Å²) in [6.45, 7) is 0. The molecule has 0 atom stereocenters. The van der Waals surface area contributed by atoms with Crippen molar-refractivity contribution in [2.75, 3.05) is 11.5 Å². The van der Waals surface area contributed by atoms with Crippen LogP contribution in [0.2, 0.25) is 0 Å². The fourth-order valence-corrected chi connectivity index (χ4v) is 5.16. The lowest BCUT2D eigenvalue weighted by Crippen LogP contribution is -2.07. The zero-order chi connectivity index (χ0) is 22.4. The van der Waals surface area contributed by atoms with Gasteiger partial charge in [0, 0.05) is 16.7 Å². The minimum atomic E-state index is -0.306. The van der Waals surface area contributed by atoms with E-state index in [1.165, 1.54) is 11.8 Å². The van der Waals surface area contributed by atoms with Crippen LogP contribution < -0.4 is 11.5 Å². The molecule has 0 spiro atoms. The Kier molecular flexibility index (Phi) is 6.88. The molecule has 0 bridgehead atoms. The Morgan fingerprint density at radius 2 is 1.48 bits per heavy atom. The molecule has 0 radical (unpaired) electrons. The van der Waals surface area contributed by atoms with Gasteiger partial charge in [-0.3, -0.25) is 9.59 Å². The molecule has 0 unspecified atom stereocenters. The Bertz CT molecular complexity index is 1230. The standard InChI is InChI=1S/C23H16N4O2S2/c24-11-16(12-25)19(26)18-20(27)22(21(29)15-9-5-2-6-10-15)31-23(18)30-13-17(28)14-7-3-1-4-8-14/h1-10H,13,26-27H2. The van der Waals surface area contributed by atoms with Crippen molar-refractivity contribution in [2.45, 2.75) is 4.21 Å². The summed E-state index contributed by atoms with van der Waals surface area (Å²) < 4.78 is 0.501. The van der Waals surface area contributed by atoms with E-state index in [-0.39, 0.29) is 44.7 Å². The highest BCUT2D eigenvalue weighted by Gasteiger charge is 2.25. The third-order valence-corrected chi connectivity index (χ3v) is 6.82. The second-order valence-electron chi connectivity index (χ2n) is 6.29. The van der Waals surface area contributed by atoms with Crippen LogP contribution in [0.1, 0.15) is 31.2 Å². The van der Waals surface area contributed by atoms with E-state index < -0.39 is 0 Å². The summed E-state index contributed by atoms with van der Waals surface area (Å²) in [5.74, 6) is -0.325. The number of thiophene rings is 1. The van der Waals surface area contributed by atoms with Crippen LogP contribution in [0, 0.1) is 22.7 Å². The lowest BCUT2D eigenvalue weighted by Gasteiger charge is -2.06. The van der Waals surface area contributed by atoms with Crippen molar-refractivity contribution in [3.05, 3.63) is 87.8 Å². The second kappa shape index (κ2) is 9.77. The van der Waals surface area contributed by atoms with Crippen molar-refractivity contribution in [2.24, 2.45) is 5.73 Å². The van der Waals surface area contributed by atoms with E-state index in [1.54, 1.807) is 66.7 Å². The van der Waals surface area contributed by atoms with Crippen LogP contribution in [-0.4, -0.2) is 17.3 Å². The number of hydrogen-bond donors (Lipinski definition) is 2. The average Bonchev–Trinajstić information content (AvgIpc) is 3.14. The van der Waals surface area contributed by atoms with E-state index in [4.69, 9.17) is 11.5 Å². The molecule has 0 fully saturated rings. The van der Waals surface area contributed by atoms with Crippen LogP contribution >= 0.6 is 23.1 Å². The van der Waals surface area contributed by atoms with Crippen LogP contribution in [0.3, 0.4) is 0 Å². The number of allylic oxidation sites excluding steroid dienone is 1. The molecule has 0 aliphatic rings. The number of rotatable bonds is 7. The molecule has 8 heteroatoms. The largest absolute Gasteiger partial charge is 0.397 e. The number of thioether (sulfide) groups is 1. The number of nitriles is 2. The first kappa shape index (κ1) is 21.8. The van der Waals surface area contributed by atoms with Crippen molar-refractivity contribution >= 4 is 46.0 Å². The number of carbonyl (C=O) groups excluding carboxylic acids is 2. The fourth-order valence-electron chi connectivity index (χ4n) is 2.78. The Hall–Kier alpha value is -3.85. The van der Waals surface area contributed by atoms with Gasteiger partial charge < -0.3 is 11.5 Å². The van der Waals surface area contributed by atoms with Gasteiger partial charge in [-0.15, -0.1) is 23.1 Å². The van der Waals surface area contributed by atoms with Gasteiger partial charge in [-0.2, -0.15) is 10.5 Å². The molecule has 1 heterocycles. The first-order valence-electron chi connectivity index (χ1n) is 9.01. The van der Waals surface area contributed by atoms with Crippen LogP contribution in [0.15, 0.2) is 70.4 Å². The Labute approximate surface area is 187 Å². The van der Waals surface area contributed by atoms with Crippen molar-refractivity contribution < 1.29 is 9.59 Å². The van der Waals surface area contributed by atoms with Gasteiger partial charge in [-0.25, -0.2) is 0 Å². The third-order valence-electron chi connectivity index (χ3n) is 4.35. The molecular weight excluding hydrogens is 428 g/mol. The Morgan fingerprint density at radius 1 is 0.935 bits per heavy atom. The van der Waals surface area contributed by atoms with E-state index in [0.29, 0.717) is 15.3 Å². The normalized spacial score (nSPS) is 10.0. The molecule has 1 aromatic heterocycles. The maximum absolute atomic E-state index is 13.0. The van der Waals surface area contributed by atoms with Gasteiger partial charge in [0.15, 0.2) is 11.4 Å². The molecule has 0 saturated carbocycles. The van der Waals surface area contributed by atoms with E-state index in [2.05, 4.69) is 0 Å². The predicted octanol–water partition coefficient (Wildman–Crippen LogP) is 4.25. The lowest BCUT2D eigenvalue weighted by molar-refractivity contribution is 0.102. The summed E-state index contributed by atoms with van der Waals surface area (Å²) in [5.41, 5.74) is 13.3. The van der Waals surface area contributed by atoms with Crippen molar-refractivity contribution in [3.8, 4) is 12.1 Å². The minimum absolute atomic E-state index is 0.0810. The summed E-state index contributed by atoms with van der Waals surface area (Å²) >= 11 is 2.26. The number of benzene rings is 2. The summed E-state index contributed by atoms with van der Waals surface area (Å²) in [7, 11) is 0. The molecule has 0 saturated heterocycles. The zero-order valence-corrected chi connectivity index (χ0v) is 17.8. The highest BCUT2D eigenvalue weighted by molar-refractivity contribution is 8.01. The molecule has 2 aromatic carbocycles. The number of nitrogens with two attached hydrogens (primary N) is 2. The summed E-state index contributed by atoms with van der Waals surface area (Å²) in [6.07, 6.45) is 0. The number of carbonyl (C=O) groups is 2. The number of hydrogen-bond acceptors (Lipinski definition) is 8. The third kappa shape index (κ3) is 4.67. The Morgan fingerprint density at radius 3 is 2.03 bits per heavy atom. The van der Waals surface area contributed by atoms with Crippen molar-refractivity contribution in [1.29, 1.82) is 10.5 Å². The second-order valence-corrected chi connectivity index (χ2v) is 8.56. The molecule has 0 aliphatic carbocycles. The number of nitrogen functional groups attached to an aromatic ring is 1. The van der Waals surface area contributed by atoms with Gasteiger partial charge in [0.1, 0.15) is 12.1 Å². The van der Waals surface area contributed by atoms with Gasteiger partial charge in [0.2, 0.25) is 5.78 Å². The molecule has 3 aromatic rings. The van der Waals surface area contributed by atoms with Crippen LogP contribution in [-0.2, 0) is 0 Å². The maximum atomic E-state index is 13.0. The van der Waals surface area contributed by atoms with Crippen LogP contribution in [0.5, 0.6) is 0 Å². The lowest BCUT2D eigenvalue weighted by atomic mass is 10.1. The molecule has 31 heavy (non-hydrogen) atoms. The average molecular weight is 445 g/mol. The van der Waals surface area contributed by atoms with Gasteiger partial charge in [0.25, 0.3) is 0 Å². The van der Waals surface area contributed by atoms with Gasteiger partial charge in [-0.05, 0) is 0 Å². The summed E-state index contributed by atoms with van der Waals surface area (Å²) in [4.78, 5) is 25.8. The quantitative estimate of drug-likeness (QED) is 0.316. The van der Waals surface area contributed by atoms with Crippen LogP contribution in [0.25, 0.3) is 5.70 Å². The molecule has 6 nitrogen and oxygen atoms in total.